The number of hydrogen-bond donors (Lipinski definition) is 2. The Morgan fingerprint density at radius 1 is 1.00 bits per heavy atom. The van der Waals surface area contributed by atoms with E-state index in [1.165, 1.54) is 0 Å². The van der Waals surface area contributed by atoms with E-state index in [4.69, 9.17) is 23.2 Å². The van der Waals surface area contributed by atoms with E-state index in [0.29, 0.717) is 29.6 Å². The summed E-state index contributed by atoms with van der Waals surface area (Å²) >= 11 is 11.9. The smallest absolute Gasteiger partial charge is 0.225 e. The summed E-state index contributed by atoms with van der Waals surface area (Å²) < 4.78 is 39.4. The third kappa shape index (κ3) is 5.63. The molecule has 134 valence electrons. The zero-order valence-electron chi connectivity index (χ0n) is 13.0. The van der Waals surface area contributed by atoms with Gasteiger partial charge in [-0.15, -0.1) is 0 Å². The summed E-state index contributed by atoms with van der Waals surface area (Å²) in [5, 5.41) is 6.38. The standard InChI is InChI=1S/C17H15Cl2F3N2O/c18-11-2-1-10(12(19)9-11)5-7-23-8-6-15(25)24-14-4-3-13(20)16(21)17(14)22/h1-4,9,23H,5-8H2,(H,24,25). The van der Waals surface area contributed by atoms with E-state index in [1.54, 1.807) is 12.1 Å². The van der Waals surface area contributed by atoms with Crippen LogP contribution in [0.1, 0.15) is 12.0 Å². The first-order valence-corrected chi connectivity index (χ1v) is 8.22. The average Bonchev–Trinajstić information content (AvgIpc) is 2.57. The molecule has 0 radical (unpaired) electrons. The molecule has 0 aliphatic carbocycles. The van der Waals surface area contributed by atoms with Crippen LogP contribution in [0.2, 0.25) is 10.0 Å². The molecule has 25 heavy (non-hydrogen) atoms. The molecule has 0 atom stereocenters. The Hall–Kier alpha value is -1.76. The van der Waals surface area contributed by atoms with E-state index in [-0.39, 0.29) is 6.42 Å². The van der Waals surface area contributed by atoms with Crippen LogP contribution in [0.5, 0.6) is 0 Å². The molecular formula is C17H15Cl2F3N2O. The predicted octanol–water partition coefficient (Wildman–Crippen LogP) is 4.57. The summed E-state index contributed by atoms with van der Waals surface area (Å²) in [7, 11) is 0. The lowest BCUT2D eigenvalue weighted by Crippen LogP contribution is -2.24. The number of amides is 1. The average molecular weight is 391 g/mol. The van der Waals surface area contributed by atoms with Gasteiger partial charge in [-0.25, -0.2) is 13.2 Å². The van der Waals surface area contributed by atoms with Crippen LogP contribution >= 0.6 is 23.2 Å². The van der Waals surface area contributed by atoms with Crippen LogP contribution in [-0.2, 0) is 11.2 Å². The second-order valence-corrected chi connectivity index (χ2v) is 6.10. The SMILES string of the molecule is O=C(CCNCCc1ccc(Cl)cc1Cl)Nc1ccc(F)c(F)c1F. The van der Waals surface area contributed by atoms with Gasteiger partial charge in [-0.1, -0.05) is 29.3 Å². The highest BCUT2D eigenvalue weighted by molar-refractivity contribution is 6.35. The Bertz CT molecular complexity index is 772. The number of hydrogen-bond acceptors (Lipinski definition) is 2. The van der Waals surface area contributed by atoms with Gasteiger partial charge in [0.05, 0.1) is 5.69 Å². The van der Waals surface area contributed by atoms with Crippen molar-refractivity contribution < 1.29 is 18.0 Å². The zero-order chi connectivity index (χ0) is 18.4. The molecule has 0 saturated heterocycles. The van der Waals surface area contributed by atoms with Gasteiger partial charge in [-0.3, -0.25) is 4.79 Å². The van der Waals surface area contributed by atoms with Gasteiger partial charge in [0.2, 0.25) is 5.91 Å². The van der Waals surface area contributed by atoms with Crippen LogP contribution < -0.4 is 10.6 Å². The lowest BCUT2D eigenvalue weighted by atomic mass is 10.1. The van der Waals surface area contributed by atoms with Gasteiger partial charge in [0, 0.05) is 23.0 Å². The molecule has 2 rings (SSSR count). The van der Waals surface area contributed by atoms with E-state index in [0.717, 1.165) is 17.7 Å². The van der Waals surface area contributed by atoms with Crippen molar-refractivity contribution in [3.05, 3.63) is 63.4 Å². The van der Waals surface area contributed by atoms with Crippen LogP contribution in [0.15, 0.2) is 30.3 Å². The fourth-order valence-corrected chi connectivity index (χ4v) is 2.61. The molecule has 0 fully saturated rings. The Labute approximate surface area is 153 Å². The summed E-state index contributed by atoms with van der Waals surface area (Å²) in [6, 6.07) is 6.95. The number of carbonyl (C=O) groups excluding carboxylic acids is 1. The van der Waals surface area contributed by atoms with Gasteiger partial charge in [-0.05, 0) is 42.8 Å². The first-order chi connectivity index (χ1) is 11.9. The Kier molecular flexibility index (Phi) is 7.11. The molecule has 0 saturated carbocycles. The number of carbonyl (C=O) groups is 1. The molecule has 0 heterocycles. The first-order valence-electron chi connectivity index (χ1n) is 7.46. The maximum Gasteiger partial charge on any atom is 0.225 e. The van der Waals surface area contributed by atoms with E-state index in [1.807, 2.05) is 6.07 Å². The third-order valence-electron chi connectivity index (χ3n) is 3.42. The van der Waals surface area contributed by atoms with Crippen LogP contribution in [0, 0.1) is 17.5 Å². The summed E-state index contributed by atoms with van der Waals surface area (Å²) in [6.07, 6.45) is 0.697. The Morgan fingerprint density at radius 3 is 2.48 bits per heavy atom. The second kappa shape index (κ2) is 9.08. The number of anilines is 1. The number of rotatable bonds is 7. The lowest BCUT2D eigenvalue weighted by Gasteiger charge is -2.09. The monoisotopic (exact) mass is 390 g/mol. The molecule has 0 aliphatic heterocycles. The first kappa shape index (κ1) is 19.6. The van der Waals surface area contributed by atoms with Crippen LogP contribution in [-0.4, -0.2) is 19.0 Å². The molecular weight excluding hydrogens is 376 g/mol. The fourth-order valence-electron chi connectivity index (χ4n) is 2.11. The molecule has 2 aromatic carbocycles. The summed E-state index contributed by atoms with van der Waals surface area (Å²) in [4.78, 5) is 11.7. The van der Waals surface area contributed by atoms with Crippen molar-refractivity contribution in [2.75, 3.05) is 18.4 Å². The minimum Gasteiger partial charge on any atom is -0.323 e. The normalized spacial score (nSPS) is 10.8. The van der Waals surface area contributed by atoms with Crippen molar-refractivity contribution in [1.82, 2.24) is 5.32 Å². The largest absolute Gasteiger partial charge is 0.323 e. The molecule has 3 nitrogen and oxygen atoms in total. The van der Waals surface area contributed by atoms with Gasteiger partial charge in [0.15, 0.2) is 17.5 Å². The quantitative estimate of drug-likeness (QED) is 0.536. The Balaban J connectivity index is 1.73. The Morgan fingerprint density at radius 2 is 1.76 bits per heavy atom. The molecule has 1 amide bonds. The third-order valence-corrected chi connectivity index (χ3v) is 4.01. The molecule has 0 bridgehead atoms. The van der Waals surface area contributed by atoms with E-state index >= 15 is 0 Å². The maximum atomic E-state index is 13.5. The van der Waals surface area contributed by atoms with Gasteiger partial charge < -0.3 is 10.6 Å². The van der Waals surface area contributed by atoms with Gasteiger partial charge in [0.25, 0.3) is 0 Å². The molecule has 8 heteroatoms. The zero-order valence-corrected chi connectivity index (χ0v) is 14.5. The predicted molar refractivity (Wildman–Crippen MR) is 92.6 cm³/mol. The van der Waals surface area contributed by atoms with Crippen LogP contribution in [0.25, 0.3) is 0 Å². The molecule has 0 aliphatic rings. The topological polar surface area (TPSA) is 41.1 Å². The molecule has 0 aromatic heterocycles. The van der Waals surface area contributed by atoms with Crippen molar-refractivity contribution in [2.45, 2.75) is 12.8 Å². The molecule has 0 spiro atoms. The summed E-state index contributed by atoms with van der Waals surface area (Å²) in [6.45, 7) is 0.913. The molecule has 2 N–H and O–H groups in total. The van der Waals surface area contributed by atoms with Gasteiger partial charge in [0.1, 0.15) is 0 Å². The number of halogens is 5. The van der Waals surface area contributed by atoms with E-state index in [9.17, 15) is 18.0 Å². The molecule has 0 unspecified atom stereocenters. The van der Waals surface area contributed by atoms with Crippen molar-refractivity contribution in [1.29, 1.82) is 0 Å². The lowest BCUT2D eigenvalue weighted by molar-refractivity contribution is -0.116. The minimum absolute atomic E-state index is 0.0484. The van der Waals surface area contributed by atoms with Crippen LogP contribution in [0.3, 0.4) is 0 Å². The maximum absolute atomic E-state index is 13.5. The van der Waals surface area contributed by atoms with E-state index in [2.05, 4.69) is 10.6 Å². The summed E-state index contributed by atoms with van der Waals surface area (Å²) in [5.41, 5.74) is 0.531. The second-order valence-electron chi connectivity index (χ2n) is 5.26. The number of nitrogens with one attached hydrogen (secondary N) is 2. The molecule has 2 aromatic rings. The van der Waals surface area contributed by atoms with Crippen LogP contribution in [0.4, 0.5) is 18.9 Å². The fraction of sp³-hybridized carbons (Fsp3) is 0.235. The minimum atomic E-state index is -1.62. The highest BCUT2D eigenvalue weighted by Crippen LogP contribution is 2.21. The van der Waals surface area contributed by atoms with Crippen molar-refractivity contribution >= 4 is 34.8 Å². The van der Waals surface area contributed by atoms with Gasteiger partial charge >= 0.3 is 0 Å². The van der Waals surface area contributed by atoms with Crippen molar-refractivity contribution in [2.24, 2.45) is 0 Å². The van der Waals surface area contributed by atoms with Crippen molar-refractivity contribution in [3.63, 3.8) is 0 Å². The van der Waals surface area contributed by atoms with Crippen molar-refractivity contribution in [3.8, 4) is 0 Å². The highest BCUT2D eigenvalue weighted by atomic mass is 35.5. The highest BCUT2D eigenvalue weighted by Gasteiger charge is 2.14. The van der Waals surface area contributed by atoms with E-state index < -0.39 is 29.0 Å². The van der Waals surface area contributed by atoms with Gasteiger partial charge in [-0.2, -0.15) is 0 Å². The summed E-state index contributed by atoms with van der Waals surface area (Å²) in [5.74, 6) is -4.85. The number of benzene rings is 2.